The molecular weight excluding hydrogens is 412 g/mol. The first-order chi connectivity index (χ1) is 15.4. The van der Waals surface area contributed by atoms with Crippen LogP contribution < -0.4 is 5.32 Å². The monoisotopic (exact) mass is 444 g/mol. The van der Waals surface area contributed by atoms with Gasteiger partial charge in [-0.25, -0.2) is 4.79 Å². The number of benzene rings is 1. The zero-order valence-electron chi connectivity index (χ0n) is 18.8. The quantitative estimate of drug-likeness (QED) is 0.695. The van der Waals surface area contributed by atoms with Crippen LogP contribution >= 0.6 is 0 Å². The summed E-state index contributed by atoms with van der Waals surface area (Å²) in [5, 5.41) is 2.86. The average molecular weight is 445 g/mol. The zero-order valence-corrected chi connectivity index (χ0v) is 18.8. The minimum absolute atomic E-state index is 0.00225. The van der Waals surface area contributed by atoms with E-state index in [-0.39, 0.29) is 30.2 Å². The minimum Gasteiger partial charge on any atom is -0.450 e. The maximum atomic E-state index is 13.1. The summed E-state index contributed by atoms with van der Waals surface area (Å²) in [4.78, 5) is 55.0. The molecule has 1 N–H and O–H groups in total. The van der Waals surface area contributed by atoms with Crippen LogP contribution in [0.15, 0.2) is 24.3 Å². The highest BCUT2D eigenvalue weighted by molar-refractivity contribution is 6.05. The van der Waals surface area contributed by atoms with Gasteiger partial charge in [0.1, 0.15) is 0 Å². The number of amides is 4. The smallest absolute Gasteiger partial charge is 0.409 e. The van der Waals surface area contributed by atoms with Crippen LogP contribution in [-0.2, 0) is 14.3 Å². The van der Waals surface area contributed by atoms with Crippen molar-refractivity contribution in [2.45, 2.75) is 33.1 Å². The van der Waals surface area contributed by atoms with Gasteiger partial charge < -0.3 is 24.8 Å². The Labute approximate surface area is 188 Å². The number of carbonyl (C=O) groups is 4. The molecule has 9 nitrogen and oxygen atoms in total. The summed E-state index contributed by atoms with van der Waals surface area (Å²) >= 11 is 0. The van der Waals surface area contributed by atoms with Crippen LogP contribution in [0, 0.1) is 5.92 Å². The molecule has 0 aliphatic carbocycles. The van der Waals surface area contributed by atoms with E-state index < -0.39 is 5.92 Å². The van der Waals surface area contributed by atoms with Crippen molar-refractivity contribution in [3.05, 3.63) is 29.8 Å². The molecule has 0 saturated carbocycles. The number of hydrogen-bond donors (Lipinski definition) is 1. The van der Waals surface area contributed by atoms with Gasteiger partial charge in [-0.05, 0) is 25.5 Å². The zero-order chi connectivity index (χ0) is 23.1. The number of nitrogens with one attached hydrogen (secondary N) is 1. The first-order valence-electron chi connectivity index (χ1n) is 11.3. The fourth-order valence-corrected chi connectivity index (χ4v) is 4.00. The standard InChI is InChI=1S/C23H32N4O5/c1-3-5-10-27-16-17(15-20(27)28)21(29)24-19-9-7-6-8-18(19)22(30)25-11-13-26(14-12-25)23(31)32-4-2/h6-9,17H,3-5,10-16H2,1-2H3,(H,24,29). The molecule has 32 heavy (non-hydrogen) atoms. The van der Waals surface area contributed by atoms with Crippen molar-refractivity contribution in [2.75, 3.05) is 51.2 Å². The molecule has 9 heteroatoms. The molecule has 4 amide bonds. The summed E-state index contributed by atoms with van der Waals surface area (Å²) in [5.41, 5.74) is 0.840. The Morgan fingerprint density at radius 3 is 2.44 bits per heavy atom. The highest BCUT2D eigenvalue weighted by atomic mass is 16.6. The van der Waals surface area contributed by atoms with E-state index in [1.807, 2.05) is 0 Å². The molecule has 174 valence electrons. The molecule has 0 spiro atoms. The number of anilines is 1. The molecule has 2 fully saturated rings. The molecule has 0 radical (unpaired) electrons. The van der Waals surface area contributed by atoms with Crippen LogP contribution in [0.3, 0.4) is 0 Å². The predicted molar refractivity (Wildman–Crippen MR) is 119 cm³/mol. The number of hydrogen-bond acceptors (Lipinski definition) is 5. The van der Waals surface area contributed by atoms with Gasteiger partial charge in [-0.3, -0.25) is 14.4 Å². The molecular formula is C23H32N4O5. The number of rotatable bonds is 7. The van der Waals surface area contributed by atoms with Crippen molar-refractivity contribution < 1.29 is 23.9 Å². The molecule has 1 aromatic carbocycles. The third kappa shape index (κ3) is 5.57. The SMILES string of the molecule is CCCCN1CC(C(=O)Nc2ccccc2C(=O)N2CCN(C(=O)OCC)CC2)CC1=O. The van der Waals surface area contributed by atoms with Crippen LogP contribution in [0.25, 0.3) is 0 Å². The first-order valence-corrected chi connectivity index (χ1v) is 11.3. The van der Waals surface area contributed by atoms with E-state index in [1.165, 1.54) is 0 Å². The van der Waals surface area contributed by atoms with Crippen LogP contribution in [0.1, 0.15) is 43.5 Å². The Morgan fingerprint density at radius 2 is 1.75 bits per heavy atom. The van der Waals surface area contributed by atoms with E-state index in [0.29, 0.717) is 57.1 Å². The second-order valence-electron chi connectivity index (χ2n) is 8.11. The highest BCUT2D eigenvalue weighted by Crippen LogP contribution is 2.23. The number of likely N-dealkylation sites (tertiary alicyclic amines) is 1. The lowest BCUT2D eigenvalue weighted by atomic mass is 10.1. The largest absolute Gasteiger partial charge is 0.450 e. The van der Waals surface area contributed by atoms with Gasteiger partial charge >= 0.3 is 6.09 Å². The minimum atomic E-state index is -0.421. The number of nitrogens with zero attached hydrogens (tertiary/aromatic N) is 3. The molecule has 3 rings (SSSR count). The van der Waals surface area contributed by atoms with E-state index in [2.05, 4.69) is 12.2 Å². The second-order valence-corrected chi connectivity index (χ2v) is 8.11. The van der Waals surface area contributed by atoms with Gasteiger partial charge in [-0.1, -0.05) is 25.5 Å². The van der Waals surface area contributed by atoms with Gasteiger partial charge in [0.05, 0.1) is 23.8 Å². The summed E-state index contributed by atoms with van der Waals surface area (Å²) in [6.07, 6.45) is 1.73. The van der Waals surface area contributed by atoms with E-state index in [0.717, 1.165) is 12.8 Å². The van der Waals surface area contributed by atoms with Gasteiger partial charge in [-0.2, -0.15) is 0 Å². The first kappa shape index (κ1) is 23.6. The Balaban J connectivity index is 1.61. The average Bonchev–Trinajstić information content (AvgIpc) is 3.18. The summed E-state index contributed by atoms with van der Waals surface area (Å²) in [6, 6.07) is 6.90. The topological polar surface area (TPSA) is 99.3 Å². The molecule has 2 heterocycles. The van der Waals surface area contributed by atoms with Crippen LogP contribution in [0.2, 0.25) is 0 Å². The summed E-state index contributed by atoms with van der Waals surface area (Å²) in [5.74, 6) is -0.862. The fraction of sp³-hybridized carbons (Fsp3) is 0.565. The molecule has 0 bridgehead atoms. The number of unbranched alkanes of at least 4 members (excludes halogenated alkanes) is 1. The summed E-state index contributed by atoms with van der Waals surface area (Å²) in [6.45, 7) is 6.81. The predicted octanol–water partition coefficient (Wildman–Crippen LogP) is 2.19. The van der Waals surface area contributed by atoms with Crippen molar-refractivity contribution in [1.82, 2.24) is 14.7 Å². The Bertz CT molecular complexity index is 851. The van der Waals surface area contributed by atoms with E-state index in [9.17, 15) is 19.2 Å². The highest BCUT2D eigenvalue weighted by Gasteiger charge is 2.34. The molecule has 0 aromatic heterocycles. The fourth-order valence-electron chi connectivity index (χ4n) is 4.00. The molecule has 2 aliphatic heterocycles. The van der Waals surface area contributed by atoms with E-state index in [4.69, 9.17) is 4.74 Å². The van der Waals surface area contributed by atoms with Gasteiger partial charge in [-0.15, -0.1) is 0 Å². The van der Waals surface area contributed by atoms with Crippen molar-refractivity contribution in [1.29, 1.82) is 0 Å². The van der Waals surface area contributed by atoms with Gasteiger partial charge in [0.2, 0.25) is 11.8 Å². The molecule has 1 unspecified atom stereocenters. The maximum absolute atomic E-state index is 13.1. The third-order valence-electron chi connectivity index (χ3n) is 5.88. The van der Waals surface area contributed by atoms with Crippen molar-refractivity contribution in [3.8, 4) is 0 Å². The van der Waals surface area contributed by atoms with Crippen molar-refractivity contribution >= 4 is 29.5 Å². The van der Waals surface area contributed by atoms with E-state index in [1.54, 1.807) is 45.9 Å². The number of piperazine rings is 1. The Hall–Kier alpha value is -3.10. The van der Waals surface area contributed by atoms with Crippen molar-refractivity contribution in [3.63, 3.8) is 0 Å². The van der Waals surface area contributed by atoms with Crippen LogP contribution in [0.4, 0.5) is 10.5 Å². The van der Waals surface area contributed by atoms with Gasteiger partial charge in [0.15, 0.2) is 0 Å². The lowest BCUT2D eigenvalue weighted by Gasteiger charge is -2.34. The molecule has 2 aliphatic rings. The lowest BCUT2D eigenvalue weighted by molar-refractivity contribution is -0.128. The Morgan fingerprint density at radius 1 is 1.06 bits per heavy atom. The summed E-state index contributed by atoms with van der Waals surface area (Å²) < 4.78 is 5.02. The van der Waals surface area contributed by atoms with Gasteiger partial charge in [0.25, 0.3) is 5.91 Å². The number of ether oxygens (including phenoxy) is 1. The van der Waals surface area contributed by atoms with Gasteiger partial charge in [0, 0.05) is 45.7 Å². The van der Waals surface area contributed by atoms with Crippen LogP contribution in [-0.4, -0.2) is 84.4 Å². The number of para-hydroxylation sites is 1. The molecule has 1 aromatic rings. The molecule has 1 atom stereocenters. The van der Waals surface area contributed by atoms with Crippen LogP contribution in [0.5, 0.6) is 0 Å². The van der Waals surface area contributed by atoms with Crippen molar-refractivity contribution in [2.24, 2.45) is 5.92 Å². The normalized spacial score (nSPS) is 18.6. The second kappa shape index (κ2) is 11.0. The third-order valence-corrected chi connectivity index (χ3v) is 5.88. The lowest BCUT2D eigenvalue weighted by Crippen LogP contribution is -2.50. The Kier molecular flexibility index (Phi) is 8.08. The number of carbonyl (C=O) groups excluding carboxylic acids is 4. The van der Waals surface area contributed by atoms with E-state index >= 15 is 0 Å². The summed E-state index contributed by atoms with van der Waals surface area (Å²) in [7, 11) is 0. The molecule has 2 saturated heterocycles. The maximum Gasteiger partial charge on any atom is 0.409 e.